The Balaban J connectivity index is 0. The van der Waals surface area contributed by atoms with Crippen LogP contribution in [0.15, 0.2) is 20.0 Å². The standard InChI is InChI=1S/C10H15.2BrH.Hf/c1-7-6-10(4,5)9(3)8(7)2;;;/h1-5H3;2*1H;. The maximum absolute atomic E-state index is 2.34. The molecule has 0 aromatic heterocycles. The van der Waals surface area contributed by atoms with E-state index >= 15 is 0 Å². The molecule has 0 atom stereocenters. The SMILES string of the molecule is Br.Br.CC1=C(C)C(C)(C)[C]([Hf])=C1C. The van der Waals surface area contributed by atoms with Crippen molar-refractivity contribution in [1.82, 2.24) is 0 Å². The second-order valence-corrected chi connectivity index (χ2v) is 5.67. The monoisotopic (exact) mass is 475 g/mol. The van der Waals surface area contributed by atoms with E-state index in [2.05, 4.69) is 34.6 Å². The summed E-state index contributed by atoms with van der Waals surface area (Å²) in [5.41, 5.74) is 5.03. The Kier molecular flexibility index (Phi) is 6.96. The van der Waals surface area contributed by atoms with Gasteiger partial charge in [0.1, 0.15) is 0 Å². The molecule has 0 amide bonds. The Morgan fingerprint density at radius 1 is 0.923 bits per heavy atom. The zero-order chi connectivity index (χ0) is 8.81. The van der Waals surface area contributed by atoms with Crippen molar-refractivity contribution in [2.24, 2.45) is 5.41 Å². The summed E-state index contributed by atoms with van der Waals surface area (Å²) in [4.78, 5) is 0. The quantitative estimate of drug-likeness (QED) is 0.458. The summed E-state index contributed by atoms with van der Waals surface area (Å²) in [7, 11) is 0. The molecule has 3 heteroatoms. The molecule has 0 N–H and O–H groups in total. The van der Waals surface area contributed by atoms with Crippen molar-refractivity contribution in [2.75, 3.05) is 0 Å². The zero-order valence-electron chi connectivity index (χ0n) is 8.82. The van der Waals surface area contributed by atoms with Gasteiger partial charge < -0.3 is 0 Å². The van der Waals surface area contributed by atoms with Gasteiger partial charge >= 0.3 is 84.5 Å². The van der Waals surface area contributed by atoms with Crippen LogP contribution in [0.1, 0.15) is 34.6 Å². The molecule has 0 unspecified atom stereocenters. The first kappa shape index (κ1) is 16.7. The second kappa shape index (κ2) is 5.41. The minimum atomic E-state index is 0. The van der Waals surface area contributed by atoms with E-state index in [1.807, 2.05) is 0 Å². The van der Waals surface area contributed by atoms with Gasteiger partial charge in [-0.25, -0.2) is 0 Å². The summed E-state index contributed by atoms with van der Waals surface area (Å²) >= 11 is 1.21. The van der Waals surface area contributed by atoms with Gasteiger partial charge in [-0.05, 0) is 0 Å². The van der Waals surface area contributed by atoms with E-state index in [-0.39, 0.29) is 34.0 Å². The van der Waals surface area contributed by atoms with Crippen molar-refractivity contribution >= 4 is 34.0 Å². The van der Waals surface area contributed by atoms with E-state index in [0.717, 1.165) is 0 Å². The Morgan fingerprint density at radius 3 is 1.38 bits per heavy atom. The average molecular weight is 476 g/mol. The second-order valence-electron chi connectivity index (χ2n) is 3.88. The van der Waals surface area contributed by atoms with Crippen LogP contribution in [-0.2, 0) is 24.4 Å². The van der Waals surface area contributed by atoms with Crippen LogP contribution in [0.5, 0.6) is 0 Å². The molecule has 0 aliphatic heterocycles. The molecule has 0 radical (unpaired) electrons. The van der Waals surface area contributed by atoms with Gasteiger partial charge in [0.15, 0.2) is 0 Å². The fourth-order valence-electron chi connectivity index (χ4n) is 1.59. The molecule has 0 saturated heterocycles. The number of hydrogen-bond donors (Lipinski definition) is 0. The van der Waals surface area contributed by atoms with Gasteiger partial charge in [-0.15, -0.1) is 34.0 Å². The summed E-state index contributed by atoms with van der Waals surface area (Å²) in [6, 6.07) is 0. The third-order valence-electron chi connectivity index (χ3n) is 3.06. The van der Waals surface area contributed by atoms with Crippen molar-refractivity contribution < 1.29 is 24.4 Å². The fraction of sp³-hybridized carbons (Fsp3) is 0.600. The normalized spacial score (nSPS) is 19.7. The van der Waals surface area contributed by atoms with Crippen LogP contribution in [0, 0.1) is 5.41 Å². The van der Waals surface area contributed by atoms with Gasteiger partial charge in [-0.3, -0.25) is 0 Å². The third kappa shape index (κ3) is 2.66. The molecule has 0 aromatic carbocycles. The van der Waals surface area contributed by atoms with E-state index in [4.69, 9.17) is 0 Å². The van der Waals surface area contributed by atoms with Gasteiger partial charge in [-0.1, -0.05) is 0 Å². The first-order valence-corrected chi connectivity index (χ1v) is 5.80. The van der Waals surface area contributed by atoms with Crippen molar-refractivity contribution in [3.63, 3.8) is 0 Å². The van der Waals surface area contributed by atoms with E-state index < -0.39 is 0 Å². The third-order valence-corrected chi connectivity index (χ3v) is 6.66. The summed E-state index contributed by atoms with van der Waals surface area (Å²) in [6.45, 7) is 11.5. The van der Waals surface area contributed by atoms with Gasteiger partial charge in [-0.2, -0.15) is 0 Å². The fourth-order valence-corrected chi connectivity index (χ4v) is 2.94. The molecule has 0 saturated carbocycles. The van der Waals surface area contributed by atoms with Crippen LogP contribution in [0.3, 0.4) is 0 Å². The molecule has 75 valence electrons. The molecule has 0 nitrogen and oxygen atoms in total. The Bertz CT molecular complexity index is 236. The van der Waals surface area contributed by atoms with Crippen LogP contribution < -0.4 is 0 Å². The van der Waals surface area contributed by atoms with Gasteiger partial charge in [0.25, 0.3) is 0 Å². The summed E-state index contributed by atoms with van der Waals surface area (Å²) in [5.74, 6) is 0. The molecule has 0 spiro atoms. The average Bonchev–Trinajstić information content (AvgIpc) is 2.06. The minimum absolute atomic E-state index is 0. The Labute approximate surface area is 117 Å². The summed E-state index contributed by atoms with van der Waals surface area (Å²) < 4.78 is 1.67. The van der Waals surface area contributed by atoms with E-state index in [0.29, 0.717) is 5.41 Å². The predicted molar refractivity (Wildman–Crippen MR) is 65.5 cm³/mol. The molecular weight excluding hydrogens is 458 g/mol. The number of rotatable bonds is 0. The molecule has 0 bridgehead atoms. The molecule has 0 aromatic rings. The van der Waals surface area contributed by atoms with E-state index in [1.165, 1.54) is 29.9 Å². The first-order valence-electron chi connectivity index (χ1n) is 4.00. The van der Waals surface area contributed by atoms with Crippen molar-refractivity contribution in [1.29, 1.82) is 0 Å². The van der Waals surface area contributed by atoms with Crippen molar-refractivity contribution in [3.8, 4) is 0 Å². The number of hydrogen-bond acceptors (Lipinski definition) is 0. The molecular formula is C10H17Br2Hf. The van der Waals surface area contributed by atoms with Crippen LogP contribution in [0.4, 0.5) is 0 Å². The predicted octanol–water partition coefficient (Wildman–Crippen LogP) is 4.34. The molecule has 1 aliphatic rings. The van der Waals surface area contributed by atoms with Crippen LogP contribution >= 0.6 is 34.0 Å². The van der Waals surface area contributed by atoms with E-state index in [9.17, 15) is 0 Å². The molecule has 1 aliphatic carbocycles. The topological polar surface area (TPSA) is 0 Å². The van der Waals surface area contributed by atoms with Gasteiger partial charge in [0.05, 0.1) is 0 Å². The van der Waals surface area contributed by atoms with Crippen LogP contribution in [-0.4, -0.2) is 0 Å². The van der Waals surface area contributed by atoms with Crippen molar-refractivity contribution in [2.45, 2.75) is 34.6 Å². The molecule has 1 rings (SSSR count). The van der Waals surface area contributed by atoms with Crippen LogP contribution in [0.2, 0.25) is 0 Å². The van der Waals surface area contributed by atoms with Crippen LogP contribution in [0.25, 0.3) is 0 Å². The number of allylic oxidation sites excluding steroid dienone is 4. The van der Waals surface area contributed by atoms with Gasteiger partial charge in [0, 0.05) is 0 Å². The molecule has 0 fully saturated rings. The zero-order valence-corrected chi connectivity index (χ0v) is 15.8. The van der Waals surface area contributed by atoms with Crippen molar-refractivity contribution in [3.05, 3.63) is 20.0 Å². The van der Waals surface area contributed by atoms with E-state index in [1.54, 1.807) is 14.5 Å². The molecule has 13 heavy (non-hydrogen) atoms. The summed E-state index contributed by atoms with van der Waals surface area (Å²) in [5, 5.41) is 0. The Hall–Kier alpha value is 1.31. The number of halogens is 2. The molecule has 0 heterocycles. The first-order chi connectivity index (χ1) is 4.89. The Morgan fingerprint density at radius 2 is 1.31 bits per heavy atom. The van der Waals surface area contributed by atoms with Gasteiger partial charge in [0.2, 0.25) is 0 Å². The maximum atomic E-state index is 2.34. The summed E-state index contributed by atoms with van der Waals surface area (Å²) in [6.07, 6.45) is 0.